The van der Waals surface area contributed by atoms with E-state index in [-0.39, 0.29) is 16.1 Å². The van der Waals surface area contributed by atoms with Crippen LogP contribution in [0.4, 0.5) is 5.13 Å². The molecule has 0 aromatic carbocycles. The van der Waals surface area contributed by atoms with E-state index in [4.69, 9.17) is 25.8 Å². The summed E-state index contributed by atoms with van der Waals surface area (Å²) < 4.78 is 16.6. The van der Waals surface area contributed by atoms with Gasteiger partial charge in [0.1, 0.15) is 10.9 Å². The Hall–Kier alpha value is -2.82. The van der Waals surface area contributed by atoms with E-state index in [1.54, 1.807) is 31.5 Å². The highest BCUT2D eigenvalue weighted by molar-refractivity contribution is 7.17. The van der Waals surface area contributed by atoms with Crippen molar-refractivity contribution < 1.29 is 19.0 Å². The number of carbonyl (C=O) groups excluding carboxylic acids is 1. The average molecular weight is 476 g/mol. The summed E-state index contributed by atoms with van der Waals surface area (Å²) >= 11 is 7.53. The Morgan fingerprint density at radius 2 is 2.22 bits per heavy atom. The van der Waals surface area contributed by atoms with Gasteiger partial charge in [-0.1, -0.05) is 23.6 Å². The molecule has 0 spiro atoms. The molecular formula is C21H22ClN5O4S. The Morgan fingerprint density at radius 3 is 2.97 bits per heavy atom. The molecule has 9 nitrogen and oxygen atoms in total. The number of anilines is 1. The lowest BCUT2D eigenvalue weighted by atomic mass is 9.91. The summed E-state index contributed by atoms with van der Waals surface area (Å²) in [5.41, 5.74) is 2.07. The van der Waals surface area contributed by atoms with Crippen LogP contribution in [-0.2, 0) is 4.74 Å². The van der Waals surface area contributed by atoms with Crippen molar-refractivity contribution >= 4 is 34.0 Å². The number of methoxy groups -OCH3 is 1. The van der Waals surface area contributed by atoms with Gasteiger partial charge in [-0.15, -0.1) is 5.10 Å². The molecule has 11 heteroatoms. The van der Waals surface area contributed by atoms with Gasteiger partial charge < -0.3 is 14.2 Å². The third-order valence-corrected chi connectivity index (χ3v) is 6.12. The number of hydrogen-bond donors (Lipinski definition) is 1. The van der Waals surface area contributed by atoms with Crippen molar-refractivity contribution in [2.45, 2.75) is 20.3 Å². The Kier molecular flexibility index (Phi) is 6.54. The lowest BCUT2D eigenvalue weighted by Gasteiger charge is -2.20. The van der Waals surface area contributed by atoms with Crippen molar-refractivity contribution in [3.8, 4) is 22.1 Å². The first-order valence-electron chi connectivity index (χ1n) is 9.89. The fraction of sp³-hybridized carbons (Fsp3) is 0.381. The van der Waals surface area contributed by atoms with Crippen LogP contribution in [0.2, 0.25) is 5.15 Å². The fourth-order valence-corrected chi connectivity index (χ4v) is 4.28. The van der Waals surface area contributed by atoms with Gasteiger partial charge >= 0.3 is 0 Å². The van der Waals surface area contributed by atoms with Gasteiger partial charge in [-0.2, -0.15) is 0 Å². The molecule has 1 amide bonds. The summed E-state index contributed by atoms with van der Waals surface area (Å²) in [5, 5.41) is 11.5. The van der Waals surface area contributed by atoms with Gasteiger partial charge in [-0.25, -0.2) is 4.98 Å². The molecule has 32 heavy (non-hydrogen) atoms. The topological polar surface area (TPSA) is 108 Å². The summed E-state index contributed by atoms with van der Waals surface area (Å²) in [5.74, 6) is 0.0504. The van der Waals surface area contributed by atoms with E-state index in [1.807, 2.05) is 0 Å². The molecule has 1 N–H and O–H groups in total. The van der Waals surface area contributed by atoms with Gasteiger partial charge in [0.05, 0.1) is 32.1 Å². The number of halogens is 1. The molecule has 1 saturated heterocycles. The van der Waals surface area contributed by atoms with Crippen LogP contribution in [0.3, 0.4) is 0 Å². The quantitative estimate of drug-likeness (QED) is 0.510. The summed E-state index contributed by atoms with van der Waals surface area (Å²) in [4.78, 5) is 21.5. The minimum Gasteiger partial charge on any atom is -0.494 e. The predicted octanol–water partition coefficient (Wildman–Crippen LogP) is 4.02. The van der Waals surface area contributed by atoms with Crippen molar-refractivity contribution in [2.75, 3.05) is 32.2 Å². The number of rotatable bonds is 7. The summed E-state index contributed by atoms with van der Waals surface area (Å²) in [6, 6.07) is 3.53. The normalized spacial score (nSPS) is 17.9. The van der Waals surface area contributed by atoms with Crippen molar-refractivity contribution in [1.82, 2.24) is 20.2 Å². The van der Waals surface area contributed by atoms with Crippen LogP contribution < -0.4 is 14.8 Å². The zero-order valence-electron chi connectivity index (χ0n) is 17.8. The van der Waals surface area contributed by atoms with Crippen molar-refractivity contribution in [2.24, 2.45) is 5.41 Å². The zero-order chi connectivity index (χ0) is 22.7. The largest absolute Gasteiger partial charge is 0.494 e. The van der Waals surface area contributed by atoms with Crippen molar-refractivity contribution in [3.63, 3.8) is 0 Å². The predicted molar refractivity (Wildman–Crippen MR) is 121 cm³/mol. The summed E-state index contributed by atoms with van der Waals surface area (Å²) in [6.45, 7) is 5.75. The molecule has 0 bridgehead atoms. The van der Waals surface area contributed by atoms with E-state index in [9.17, 15) is 4.79 Å². The molecule has 0 aliphatic carbocycles. The maximum Gasteiger partial charge on any atom is 0.295 e. The molecule has 168 valence electrons. The van der Waals surface area contributed by atoms with Crippen LogP contribution in [0.1, 0.15) is 29.4 Å². The first-order valence-corrected chi connectivity index (χ1v) is 11.1. The number of nitrogens with one attached hydrogen (secondary N) is 1. The number of aromatic nitrogens is 4. The molecule has 1 aliphatic rings. The van der Waals surface area contributed by atoms with Gasteiger partial charge in [-0.05, 0) is 36.8 Å². The first-order chi connectivity index (χ1) is 15.4. The Balaban J connectivity index is 1.56. The van der Waals surface area contributed by atoms with E-state index < -0.39 is 5.91 Å². The number of carbonyl (C=O) groups is 1. The van der Waals surface area contributed by atoms with Crippen LogP contribution in [0.25, 0.3) is 11.1 Å². The number of aryl methyl sites for hydroxylation is 1. The molecule has 1 atom stereocenters. The third-order valence-electron chi connectivity index (χ3n) is 5.10. The fourth-order valence-electron chi connectivity index (χ4n) is 3.37. The average Bonchev–Trinajstić information content (AvgIpc) is 3.40. The highest BCUT2D eigenvalue weighted by Gasteiger charge is 2.31. The molecule has 4 heterocycles. The van der Waals surface area contributed by atoms with Gasteiger partial charge in [0.25, 0.3) is 11.1 Å². The van der Waals surface area contributed by atoms with Crippen LogP contribution in [0.5, 0.6) is 10.9 Å². The number of pyridine rings is 2. The molecule has 1 fully saturated rings. The molecule has 4 rings (SSSR count). The highest BCUT2D eigenvalue weighted by Crippen LogP contribution is 2.36. The number of hydrogen-bond acceptors (Lipinski definition) is 9. The minimum atomic E-state index is -0.463. The van der Waals surface area contributed by atoms with Gasteiger partial charge in [-0.3, -0.25) is 15.1 Å². The Bertz CT molecular complexity index is 1130. The van der Waals surface area contributed by atoms with E-state index >= 15 is 0 Å². The first kappa shape index (κ1) is 22.4. The van der Waals surface area contributed by atoms with E-state index in [2.05, 4.69) is 32.4 Å². The second-order valence-corrected chi connectivity index (χ2v) is 9.08. The number of amides is 1. The monoisotopic (exact) mass is 475 g/mol. The van der Waals surface area contributed by atoms with Gasteiger partial charge in [0, 0.05) is 35.0 Å². The van der Waals surface area contributed by atoms with Gasteiger partial charge in [0.2, 0.25) is 5.13 Å². The second-order valence-electron chi connectivity index (χ2n) is 7.78. The number of nitrogens with zero attached hydrogens (tertiary/aromatic N) is 4. The van der Waals surface area contributed by atoms with Crippen LogP contribution >= 0.6 is 22.9 Å². The van der Waals surface area contributed by atoms with Crippen LogP contribution in [0.15, 0.2) is 24.5 Å². The SMILES string of the molecule is COc1cnccc1-c1cc(C)nc(Cl)c1C(=O)Nc1nnc(OCC2(C)CCOC2)s1. The lowest BCUT2D eigenvalue weighted by Crippen LogP contribution is -2.25. The molecule has 1 unspecified atom stereocenters. The Morgan fingerprint density at radius 1 is 1.38 bits per heavy atom. The smallest absolute Gasteiger partial charge is 0.295 e. The maximum atomic E-state index is 13.2. The van der Waals surface area contributed by atoms with Crippen LogP contribution in [0, 0.1) is 12.3 Å². The lowest BCUT2D eigenvalue weighted by molar-refractivity contribution is 0.102. The summed E-state index contributed by atoms with van der Waals surface area (Å²) in [7, 11) is 1.54. The molecule has 3 aromatic heterocycles. The standard InChI is InChI=1S/C21H22ClN5O4S/c1-12-8-14(13-4-6-23-9-15(13)29-3)16(17(22)24-12)18(28)25-19-26-27-20(32-19)31-11-21(2)5-7-30-10-21/h4,6,8-9H,5,7,10-11H2,1-3H3,(H,25,26,28). The van der Waals surface area contributed by atoms with Crippen molar-refractivity contribution in [3.05, 3.63) is 40.9 Å². The third kappa shape index (κ3) is 4.82. The molecule has 1 aliphatic heterocycles. The maximum absolute atomic E-state index is 13.2. The van der Waals surface area contributed by atoms with E-state index in [1.165, 1.54) is 7.11 Å². The molecular weight excluding hydrogens is 454 g/mol. The molecule has 0 radical (unpaired) electrons. The minimum absolute atomic E-state index is 0.0470. The van der Waals surface area contributed by atoms with Gasteiger partial charge in [0.15, 0.2) is 0 Å². The zero-order valence-corrected chi connectivity index (χ0v) is 19.4. The van der Waals surface area contributed by atoms with Crippen molar-refractivity contribution in [1.29, 1.82) is 0 Å². The highest BCUT2D eigenvalue weighted by atomic mass is 35.5. The Labute approximate surface area is 194 Å². The molecule has 0 saturated carbocycles. The molecule has 3 aromatic rings. The number of ether oxygens (including phenoxy) is 3. The van der Waals surface area contributed by atoms with Crippen LogP contribution in [-0.4, -0.2) is 53.0 Å². The summed E-state index contributed by atoms with van der Waals surface area (Å²) in [6.07, 6.45) is 4.12. The van der Waals surface area contributed by atoms with E-state index in [0.717, 1.165) is 24.4 Å². The van der Waals surface area contributed by atoms with E-state index in [0.29, 0.717) is 46.1 Å². The second kappa shape index (κ2) is 9.35.